The molecule has 0 aliphatic rings. The average molecular weight is 561 g/mol. The number of unbranched alkanes of at least 4 members (excludes halogenated alkanes) is 1. The first kappa shape index (κ1) is 28.6. The Hall–Kier alpha value is -4.36. The van der Waals surface area contributed by atoms with Gasteiger partial charge >= 0.3 is 0 Å². The Kier molecular flexibility index (Phi) is 8.45. The molecule has 0 bridgehead atoms. The van der Waals surface area contributed by atoms with Crippen molar-refractivity contribution >= 4 is 9.84 Å². The summed E-state index contributed by atoms with van der Waals surface area (Å²) < 4.78 is 42.5. The molecule has 0 spiro atoms. The van der Waals surface area contributed by atoms with Crippen LogP contribution in [0.15, 0.2) is 75.4 Å². The standard InChI is InChI=1S/C30H29FN4O4S/c1-4-6-10-27-34-29(36)28(30(37)35(27)25(5-2)22-9-7-8-20(15-22)17-32)40(38,39)23-13-11-21(12-14-23)24-16-26(31)33-18-19(24)3/h7-9,11-16,18,25,36H,4-6,10H2,1-3H3/t25-/m0/s1. The summed E-state index contributed by atoms with van der Waals surface area (Å²) in [6, 6.07) is 15.2. The molecule has 8 nitrogen and oxygen atoms in total. The minimum absolute atomic E-state index is 0.218. The average Bonchev–Trinajstić information content (AvgIpc) is 2.94. The van der Waals surface area contributed by atoms with Gasteiger partial charge in [0.25, 0.3) is 5.56 Å². The van der Waals surface area contributed by atoms with Crippen molar-refractivity contribution < 1.29 is 17.9 Å². The van der Waals surface area contributed by atoms with Gasteiger partial charge in [-0.1, -0.05) is 44.5 Å². The maximum atomic E-state index is 14.0. The lowest BCUT2D eigenvalue weighted by atomic mass is 10.0. The van der Waals surface area contributed by atoms with Crippen molar-refractivity contribution in [2.45, 2.75) is 62.3 Å². The number of nitriles is 1. The van der Waals surface area contributed by atoms with Crippen LogP contribution in [0.3, 0.4) is 0 Å². The number of rotatable bonds is 9. The van der Waals surface area contributed by atoms with E-state index in [2.05, 4.69) is 16.0 Å². The molecule has 0 aliphatic carbocycles. The first-order chi connectivity index (χ1) is 19.1. The zero-order valence-electron chi connectivity index (χ0n) is 22.4. The third-order valence-electron chi connectivity index (χ3n) is 6.80. The Labute approximate surface area is 232 Å². The Morgan fingerprint density at radius 2 is 1.85 bits per heavy atom. The fourth-order valence-corrected chi connectivity index (χ4v) is 6.08. The summed E-state index contributed by atoms with van der Waals surface area (Å²) in [4.78, 5) is 20.8. The molecule has 0 radical (unpaired) electrons. The second kappa shape index (κ2) is 11.8. The normalized spacial score (nSPS) is 12.2. The van der Waals surface area contributed by atoms with Crippen LogP contribution in [-0.2, 0) is 16.3 Å². The fraction of sp³-hybridized carbons (Fsp3) is 0.267. The molecule has 0 aliphatic heterocycles. The molecular formula is C30H29FN4O4S. The molecule has 2 heterocycles. The zero-order chi connectivity index (χ0) is 29.0. The highest BCUT2D eigenvalue weighted by molar-refractivity contribution is 7.91. The molecule has 0 unspecified atom stereocenters. The van der Waals surface area contributed by atoms with Crippen molar-refractivity contribution in [3.63, 3.8) is 0 Å². The highest BCUT2D eigenvalue weighted by atomic mass is 32.2. The summed E-state index contributed by atoms with van der Waals surface area (Å²) in [6.45, 7) is 5.58. The predicted octanol–water partition coefficient (Wildman–Crippen LogP) is 5.50. The van der Waals surface area contributed by atoms with Crippen LogP contribution >= 0.6 is 0 Å². The molecule has 0 amide bonds. The van der Waals surface area contributed by atoms with Crippen molar-refractivity contribution in [1.29, 1.82) is 5.26 Å². The molecule has 10 heteroatoms. The van der Waals surface area contributed by atoms with Gasteiger partial charge < -0.3 is 5.11 Å². The largest absolute Gasteiger partial charge is 0.492 e. The monoisotopic (exact) mass is 560 g/mol. The SMILES string of the molecule is CCCCc1nc(O)c(S(=O)(=O)c2ccc(-c3cc(F)ncc3C)cc2)c(=O)n1[C@@H](CC)c1cccc(C#N)c1. The molecule has 4 rings (SSSR count). The molecule has 206 valence electrons. The zero-order valence-corrected chi connectivity index (χ0v) is 23.2. The maximum absolute atomic E-state index is 14.0. The Bertz CT molecular complexity index is 1760. The number of hydrogen-bond acceptors (Lipinski definition) is 7. The number of nitrogens with zero attached hydrogens (tertiary/aromatic N) is 4. The van der Waals surface area contributed by atoms with E-state index in [1.54, 1.807) is 31.2 Å². The van der Waals surface area contributed by atoms with Crippen molar-refractivity contribution in [3.05, 3.63) is 99.6 Å². The van der Waals surface area contributed by atoms with E-state index in [0.717, 1.165) is 6.42 Å². The number of aromatic nitrogens is 3. The molecule has 0 fully saturated rings. The molecule has 2 aromatic heterocycles. The molecule has 4 aromatic rings. The molecule has 1 atom stereocenters. The van der Waals surface area contributed by atoms with E-state index in [0.29, 0.717) is 47.1 Å². The summed E-state index contributed by atoms with van der Waals surface area (Å²) in [7, 11) is -4.50. The minimum atomic E-state index is -4.50. The number of hydrogen-bond donors (Lipinski definition) is 1. The summed E-state index contributed by atoms with van der Waals surface area (Å²) in [5.74, 6) is -1.25. The number of aromatic hydroxyl groups is 1. The maximum Gasteiger partial charge on any atom is 0.277 e. The van der Waals surface area contributed by atoms with E-state index < -0.39 is 38.2 Å². The topological polar surface area (TPSA) is 126 Å². The molecular weight excluding hydrogens is 531 g/mol. The first-order valence-corrected chi connectivity index (χ1v) is 14.4. The van der Waals surface area contributed by atoms with Crippen LogP contribution in [0.25, 0.3) is 11.1 Å². The summed E-state index contributed by atoms with van der Waals surface area (Å²) in [6.07, 6.45) is 3.62. The highest BCUT2D eigenvalue weighted by Crippen LogP contribution is 2.31. The van der Waals surface area contributed by atoms with Crippen LogP contribution in [0.5, 0.6) is 5.88 Å². The second-order valence-electron chi connectivity index (χ2n) is 9.47. The van der Waals surface area contributed by atoms with E-state index in [-0.39, 0.29) is 10.7 Å². The number of benzene rings is 2. The van der Waals surface area contributed by atoms with Crippen LogP contribution in [0.4, 0.5) is 4.39 Å². The highest BCUT2D eigenvalue weighted by Gasteiger charge is 2.31. The smallest absolute Gasteiger partial charge is 0.277 e. The van der Waals surface area contributed by atoms with Crippen molar-refractivity contribution in [1.82, 2.24) is 14.5 Å². The van der Waals surface area contributed by atoms with E-state index in [4.69, 9.17) is 0 Å². The van der Waals surface area contributed by atoms with Gasteiger partial charge in [0.05, 0.1) is 22.6 Å². The van der Waals surface area contributed by atoms with E-state index in [1.807, 2.05) is 13.8 Å². The van der Waals surface area contributed by atoms with E-state index >= 15 is 0 Å². The van der Waals surface area contributed by atoms with Crippen LogP contribution in [0.1, 0.15) is 61.7 Å². The minimum Gasteiger partial charge on any atom is -0.492 e. The van der Waals surface area contributed by atoms with Gasteiger partial charge in [0.1, 0.15) is 5.82 Å². The van der Waals surface area contributed by atoms with Gasteiger partial charge in [-0.2, -0.15) is 14.6 Å². The lowest BCUT2D eigenvalue weighted by molar-refractivity contribution is 0.406. The van der Waals surface area contributed by atoms with Crippen LogP contribution in [-0.4, -0.2) is 28.1 Å². The Morgan fingerprint density at radius 1 is 1.12 bits per heavy atom. The van der Waals surface area contributed by atoms with Gasteiger partial charge in [-0.05, 0) is 66.3 Å². The molecule has 2 aromatic carbocycles. The van der Waals surface area contributed by atoms with Crippen molar-refractivity contribution in [3.8, 4) is 23.1 Å². The van der Waals surface area contributed by atoms with Crippen molar-refractivity contribution in [2.24, 2.45) is 0 Å². The summed E-state index contributed by atoms with van der Waals surface area (Å²) in [5, 5.41) is 20.2. The van der Waals surface area contributed by atoms with E-state index in [9.17, 15) is 28.0 Å². The van der Waals surface area contributed by atoms with Gasteiger partial charge in [-0.15, -0.1) is 0 Å². The van der Waals surface area contributed by atoms with Gasteiger partial charge in [0.15, 0.2) is 4.90 Å². The fourth-order valence-electron chi connectivity index (χ4n) is 4.74. The Morgan fingerprint density at radius 3 is 2.50 bits per heavy atom. The number of pyridine rings is 1. The molecule has 1 N–H and O–H groups in total. The number of sulfone groups is 1. The lowest BCUT2D eigenvalue weighted by Crippen LogP contribution is -2.33. The number of halogens is 1. The quantitative estimate of drug-likeness (QED) is 0.268. The lowest BCUT2D eigenvalue weighted by Gasteiger charge is -2.23. The van der Waals surface area contributed by atoms with Crippen LogP contribution in [0, 0.1) is 24.2 Å². The third kappa shape index (κ3) is 5.51. The number of aryl methyl sites for hydroxylation is 2. The summed E-state index contributed by atoms with van der Waals surface area (Å²) in [5.41, 5.74) is 1.99. The van der Waals surface area contributed by atoms with Crippen molar-refractivity contribution in [2.75, 3.05) is 0 Å². The molecule has 0 saturated heterocycles. The summed E-state index contributed by atoms with van der Waals surface area (Å²) >= 11 is 0. The second-order valence-corrected chi connectivity index (χ2v) is 11.4. The third-order valence-corrected chi connectivity index (χ3v) is 8.58. The van der Waals surface area contributed by atoms with Gasteiger partial charge in [0, 0.05) is 18.7 Å². The molecule has 40 heavy (non-hydrogen) atoms. The van der Waals surface area contributed by atoms with Gasteiger partial charge in [0.2, 0.25) is 21.7 Å². The van der Waals surface area contributed by atoms with Gasteiger partial charge in [-0.3, -0.25) is 9.36 Å². The first-order valence-electron chi connectivity index (χ1n) is 12.9. The Balaban J connectivity index is 1.88. The van der Waals surface area contributed by atoms with Gasteiger partial charge in [-0.25, -0.2) is 13.4 Å². The van der Waals surface area contributed by atoms with E-state index in [1.165, 1.54) is 41.1 Å². The van der Waals surface area contributed by atoms with Crippen LogP contribution < -0.4 is 5.56 Å². The van der Waals surface area contributed by atoms with Crippen LogP contribution in [0.2, 0.25) is 0 Å². The predicted molar refractivity (Wildman–Crippen MR) is 148 cm³/mol. The molecule has 0 saturated carbocycles.